The molecule has 0 saturated heterocycles. The zero-order valence-electron chi connectivity index (χ0n) is 29.6. The van der Waals surface area contributed by atoms with Gasteiger partial charge in [-0.1, -0.05) is 0 Å². The first kappa shape index (κ1) is 49.0. The normalized spacial score (nSPS) is 14.4. The Morgan fingerprint density at radius 2 is 0.325 bits per heavy atom. The molecule has 19 heteroatoms. The zero-order chi connectivity index (χ0) is 32.7. The Labute approximate surface area is 268 Å². The molecule has 0 bridgehead atoms. The van der Waals surface area contributed by atoms with Gasteiger partial charge in [-0.2, -0.15) is 0 Å². The predicted molar refractivity (Wildman–Crippen MR) is 188 cm³/mol. The summed E-state index contributed by atoms with van der Waals surface area (Å²) in [5, 5.41) is 0. The molecule has 0 aromatic heterocycles. The summed E-state index contributed by atoms with van der Waals surface area (Å²) in [6, 6.07) is 0. The van der Waals surface area contributed by atoms with Crippen molar-refractivity contribution in [3.05, 3.63) is 0 Å². The van der Waals surface area contributed by atoms with Gasteiger partial charge in [0.15, 0.2) is 49.9 Å². The fourth-order valence-corrected chi connectivity index (χ4v) is 32.4. The Hall–Kier alpha value is 2.11. The molecule has 0 saturated carbocycles. The van der Waals surface area contributed by atoms with Crippen LogP contribution in [0, 0.1) is 0 Å². The van der Waals surface area contributed by atoms with E-state index in [0.29, 0.717) is 0 Å². The Kier molecular flexibility index (Phi) is 21.0. The molecule has 0 aliphatic heterocycles. The van der Waals surface area contributed by atoms with Gasteiger partial charge >= 0.3 is 26.4 Å². The van der Waals surface area contributed by atoms with Crippen molar-refractivity contribution < 1.29 is 56.1 Å². The van der Waals surface area contributed by atoms with Crippen molar-refractivity contribution in [1.82, 2.24) is 0 Å². The first-order valence-electron chi connectivity index (χ1n) is 13.6. The van der Waals surface area contributed by atoms with Crippen LogP contribution in [0.3, 0.4) is 0 Å². The molecule has 0 aromatic rings. The number of hydrogen-bond donors (Lipinski definition) is 3. The van der Waals surface area contributed by atoms with Gasteiger partial charge in [0.25, 0.3) is 0 Å². The Morgan fingerprint density at radius 3 is 0.375 bits per heavy atom. The molecular formula is C21H66FeO9Si9. The molecule has 3 N–H and O–H groups in total. The quantitative estimate of drug-likeness (QED) is 0.186. The van der Waals surface area contributed by atoms with E-state index >= 15 is 0 Å². The van der Waals surface area contributed by atoms with Crippen LogP contribution in [0.1, 0.15) is 0 Å². The average Bonchev–Trinajstić information content (AvgIpc) is 2.28. The molecule has 40 heavy (non-hydrogen) atoms. The molecule has 0 atom stereocenters. The minimum absolute atomic E-state index is 0. The number of rotatable bonds is 12. The molecule has 0 amide bonds. The van der Waals surface area contributed by atoms with Crippen LogP contribution in [-0.4, -0.2) is 90.7 Å². The second-order valence-corrected chi connectivity index (χ2v) is 51.6. The fraction of sp³-hybridized carbons (Fsp3) is 1.00. The molecule has 0 radical (unpaired) electrons. The zero-order valence-corrected chi connectivity index (χ0v) is 39.7. The van der Waals surface area contributed by atoms with E-state index < -0.39 is 76.3 Å². The van der Waals surface area contributed by atoms with Crippen molar-refractivity contribution in [2.75, 3.05) is 0 Å². The second-order valence-electron chi connectivity index (χ2n) is 16.0. The van der Waals surface area contributed by atoms with Gasteiger partial charge in [-0.15, -0.1) is 0 Å². The van der Waals surface area contributed by atoms with Crippen LogP contribution in [0.2, 0.25) is 137 Å². The van der Waals surface area contributed by atoms with Crippen LogP contribution in [0.15, 0.2) is 0 Å². The summed E-state index contributed by atoms with van der Waals surface area (Å²) < 4.78 is 33.9. The molecule has 0 aromatic carbocycles. The van der Waals surface area contributed by atoms with Crippen LogP contribution in [0.4, 0.5) is 0 Å². The van der Waals surface area contributed by atoms with Crippen molar-refractivity contribution in [3.63, 3.8) is 0 Å². The van der Waals surface area contributed by atoms with E-state index in [4.69, 9.17) is 24.7 Å². The van der Waals surface area contributed by atoms with Crippen molar-refractivity contribution in [1.29, 1.82) is 0 Å². The van der Waals surface area contributed by atoms with Crippen LogP contribution in [-0.2, 0) is 41.8 Å². The predicted octanol–water partition coefficient (Wildman–Crippen LogP) is 6.75. The maximum absolute atomic E-state index is 9.95. The standard InChI is InChI=1S/3C7H22O3Si3.Fe/c3*1-11(2,3)9-13(7,8)10-12(4,5)6;/h3*8H,1-7H3;. The third-order valence-corrected chi connectivity index (χ3v) is 26.8. The molecule has 0 spiro atoms. The monoisotopic (exact) mass is 770 g/mol. The third kappa shape index (κ3) is 42.2. The molecule has 0 rings (SSSR count). The minimum atomic E-state index is -2.85. The van der Waals surface area contributed by atoms with Crippen LogP contribution < -0.4 is 0 Å². The second kappa shape index (κ2) is 17.1. The summed E-state index contributed by atoms with van der Waals surface area (Å²) in [4.78, 5) is 29.8. The van der Waals surface area contributed by atoms with Crippen molar-refractivity contribution in [2.45, 2.75) is 137 Å². The van der Waals surface area contributed by atoms with E-state index in [0.717, 1.165) is 0 Å². The topological polar surface area (TPSA) is 116 Å². The molecule has 0 fully saturated rings. The van der Waals surface area contributed by atoms with Crippen molar-refractivity contribution in [3.8, 4) is 0 Å². The summed E-state index contributed by atoms with van der Waals surface area (Å²) in [7, 11) is -18.7. The van der Waals surface area contributed by atoms with Gasteiger partial charge in [-0.05, 0) is 118 Å². The van der Waals surface area contributed by atoms with E-state index in [9.17, 15) is 14.4 Å². The molecule has 9 nitrogen and oxygen atoms in total. The van der Waals surface area contributed by atoms with Gasteiger partial charge in [0.2, 0.25) is 0 Å². The summed E-state index contributed by atoms with van der Waals surface area (Å²) in [6.45, 7) is 42.2. The average molecular weight is 771 g/mol. The molecule has 0 heterocycles. The molecule has 0 unspecified atom stereocenters. The maximum atomic E-state index is 9.95. The van der Waals surface area contributed by atoms with Crippen LogP contribution >= 0.6 is 0 Å². The van der Waals surface area contributed by atoms with Gasteiger partial charge in [0, 0.05) is 36.7 Å². The fourth-order valence-electron chi connectivity index (χ4n) is 3.47. The summed E-state index contributed by atoms with van der Waals surface area (Å²) in [6.07, 6.45) is 0. The summed E-state index contributed by atoms with van der Waals surface area (Å²) in [5.74, 6) is 0. The minimum Gasteiger partial charge on any atom is -0.417 e. The smallest absolute Gasteiger partial charge is 0.417 e. The Balaban J connectivity index is -0.000000240. The van der Waals surface area contributed by atoms with Gasteiger partial charge in [-0.3, -0.25) is 0 Å². The first-order chi connectivity index (χ1) is 16.2. The molecule has 0 aliphatic rings. The van der Waals surface area contributed by atoms with Gasteiger partial charge < -0.3 is 39.1 Å². The van der Waals surface area contributed by atoms with E-state index in [-0.39, 0.29) is 17.1 Å². The van der Waals surface area contributed by atoms with Gasteiger partial charge in [0.05, 0.1) is 0 Å². The van der Waals surface area contributed by atoms with E-state index in [2.05, 4.69) is 118 Å². The largest absolute Gasteiger partial charge is 0.473 e. The van der Waals surface area contributed by atoms with Gasteiger partial charge in [0.1, 0.15) is 0 Å². The Morgan fingerprint density at radius 1 is 0.250 bits per heavy atom. The molecule has 0 aliphatic carbocycles. The molecular weight excluding hydrogens is 705 g/mol. The first-order valence-corrected chi connectivity index (χ1v) is 40.9. The van der Waals surface area contributed by atoms with Gasteiger partial charge in [-0.25, -0.2) is 0 Å². The summed E-state index contributed by atoms with van der Waals surface area (Å²) >= 11 is 0. The van der Waals surface area contributed by atoms with Crippen LogP contribution in [0.5, 0.6) is 0 Å². The van der Waals surface area contributed by atoms with Crippen molar-refractivity contribution in [2.24, 2.45) is 0 Å². The maximum Gasteiger partial charge on any atom is 0.473 e. The van der Waals surface area contributed by atoms with E-state index in [1.165, 1.54) is 0 Å². The SMILES string of the molecule is C[Si](C)(C)O[Si](C)(O)O[Si](C)(C)C.C[Si](C)(C)O[Si](C)(O)O[Si](C)(C)C.C[Si](C)(C)O[Si](C)(O)O[Si](C)(C)C.[Fe]. The molecule has 248 valence electrons. The Bertz CT molecular complexity index is 554. The third-order valence-electron chi connectivity index (χ3n) is 2.97. The van der Waals surface area contributed by atoms with Crippen LogP contribution in [0.25, 0.3) is 0 Å². The summed E-state index contributed by atoms with van der Waals surface area (Å²) in [5.41, 5.74) is 0. The van der Waals surface area contributed by atoms with E-state index in [1.54, 1.807) is 19.6 Å². The van der Waals surface area contributed by atoms with E-state index in [1.807, 2.05) is 0 Å². The van der Waals surface area contributed by atoms with Crippen molar-refractivity contribution >= 4 is 76.3 Å². The number of hydrogen-bond acceptors (Lipinski definition) is 9.